The molecule has 3 aromatic carbocycles. The summed E-state index contributed by atoms with van der Waals surface area (Å²) in [5.74, 6) is -0.762. The van der Waals surface area contributed by atoms with E-state index >= 15 is 0 Å². The largest absolute Gasteiger partial charge is 0.493 e. The van der Waals surface area contributed by atoms with Crippen LogP contribution in [0.4, 0.5) is 5.69 Å². The number of nitrogens with one attached hydrogen (secondary N) is 4. The minimum Gasteiger partial charge on any atom is -0.493 e. The Bertz CT molecular complexity index is 1240. The van der Waals surface area contributed by atoms with Crippen LogP contribution in [0.3, 0.4) is 0 Å². The van der Waals surface area contributed by atoms with Gasteiger partial charge in [-0.2, -0.15) is 0 Å². The predicted molar refractivity (Wildman–Crippen MR) is 146 cm³/mol. The molecule has 0 aromatic heterocycles. The molecule has 0 radical (unpaired) electrons. The van der Waals surface area contributed by atoms with Crippen molar-refractivity contribution in [1.82, 2.24) is 16.2 Å². The van der Waals surface area contributed by atoms with Gasteiger partial charge in [-0.15, -0.1) is 0 Å². The number of carbonyl (C=O) groups is 3. The molecule has 0 saturated carbocycles. The van der Waals surface area contributed by atoms with Gasteiger partial charge in [-0.05, 0) is 73.2 Å². The Morgan fingerprint density at radius 1 is 0.861 bits per heavy atom. The van der Waals surface area contributed by atoms with Crippen molar-refractivity contribution in [1.29, 1.82) is 0 Å². The molecule has 0 aliphatic rings. The molecule has 3 amide bonds. The number of carbonyl (C=O) groups excluding carboxylic acids is 3. The first-order valence-electron chi connectivity index (χ1n) is 11.2. The smallest absolute Gasteiger partial charge is 0.269 e. The normalized spacial score (nSPS) is 10.2. The Kier molecular flexibility index (Phi) is 9.96. The van der Waals surface area contributed by atoms with Crippen molar-refractivity contribution in [3.05, 3.63) is 94.0 Å². The monoisotopic (exact) mass is 568 g/mol. The van der Waals surface area contributed by atoms with E-state index in [1.807, 2.05) is 6.07 Å². The van der Waals surface area contributed by atoms with E-state index in [-0.39, 0.29) is 11.0 Å². The van der Waals surface area contributed by atoms with Gasteiger partial charge in [0.2, 0.25) is 0 Å². The minimum absolute atomic E-state index is 0.0837. The molecule has 8 nitrogen and oxygen atoms in total. The second-order valence-corrected chi connectivity index (χ2v) is 8.93. The number of amides is 3. The van der Waals surface area contributed by atoms with E-state index in [2.05, 4.69) is 44.3 Å². The van der Waals surface area contributed by atoms with Gasteiger partial charge in [0.25, 0.3) is 17.7 Å². The summed E-state index contributed by atoms with van der Waals surface area (Å²) in [7, 11) is 0. The summed E-state index contributed by atoms with van der Waals surface area (Å²) in [5.41, 5.74) is 6.66. The first-order valence-corrected chi connectivity index (χ1v) is 12.4. The van der Waals surface area contributed by atoms with Crippen LogP contribution in [0.25, 0.3) is 0 Å². The quantitative estimate of drug-likeness (QED) is 0.176. The van der Waals surface area contributed by atoms with E-state index in [0.29, 0.717) is 39.2 Å². The number of halogens is 1. The van der Waals surface area contributed by atoms with Crippen molar-refractivity contribution in [3.63, 3.8) is 0 Å². The fourth-order valence-corrected chi connectivity index (χ4v) is 3.52. The second-order valence-electron chi connectivity index (χ2n) is 7.60. The number of ether oxygens (including phenoxy) is 1. The van der Waals surface area contributed by atoms with Crippen LogP contribution in [-0.4, -0.2) is 29.4 Å². The van der Waals surface area contributed by atoms with Gasteiger partial charge >= 0.3 is 0 Å². The number of unbranched alkanes of at least 4 members (excludes halogenated alkanes) is 1. The van der Waals surface area contributed by atoms with Gasteiger partial charge in [0, 0.05) is 21.3 Å². The molecule has 10 heteroatoms. The van der Waals surface area contributed by atoms with Crippen LogP contribution < -0.4 is 26.2 Å². The van der Waals surface area contributed by atoms with E-state index in [1.54, 1.807) is 66.7 Å². The van der Waals surface area contributed by atoms with Crippen LogP contribution in [0.2, 0.25) is 0 Å². The highest BCUT2D eigenvalue weighted by Crippen LogP contribution is 2.23. The summed E-state index contributed by atoms with van der Waals surface area (Å²) in [4.78, 5) is 37.4. The van der Waals surface area contributed by atoms with Gasteiger partial charge in [-0.3, -0.25) is 30.6 Å². The molecule has 3 rings (SSSR count). The number of hydrogen-bond donors (Lipinski definition) is 4. The van der Waals surface area contributed by atoms with Crippen LogP contribution in [-0.2, 0) is 0 Å². The summed E-state index contributed by atoms with van der Waals surface area (Å²) in [5, 5.41) is 5.21. The molecule has 0 aliphatic heterocycles. The maximum absolute atomic E-state index is 12.7. The van der Waals surface area contributed by atoms with E-state index in [4.69, 9.17) is 17.0 Å². The SMILES string of the molecule is CCCCOc1ccc(Br)cc1C(=O)NC(=S)NNC(=O)c1ccc(NC(=O)c2ccccc2)cc1. The Hall–Kier alpha value is -3.76. The molecule has 36 heavy (non-hydrogen) atoms. The zero-order chi connectivity index (χ0) is 25.9. The summed E-state index contributed by atoms with van der Waals surface area (Å²) in [6, 6.07) is 20.3. The highest BCUT2D eigenvalue weighted by atomic mass is 79.9. The molecule has 3 aromatic rings. The molecule has 0 bridgehead atoms. The third-order valence-electron chi connectivity index (χ3n) is 4.90. The van der Waals surface area contributed by atoms with E-state index < -0.39 is 11.8 Å². The van der Waals surface area contributed by atoms with Gasteiger partial charge in [0.15, 0.2) is 5.11 Å². The van der Waals surface area contributed by atoms with Crippen molar-refractivity contribution in [2.24, 2.45) is 0 Å². The lowest BCUT2D eigenvalue weighted by Crippen LogP contribution is -2.48. The highest BCUT2D eigenvalue weighted by Gasteiger charge is 2.15. The number of hydrazine groups is 1. The van der Waals surface area contributed by atoms with Crippen molar-refractivity contribution < 1.29 is 19.1 Å². The first kappa shape index (κ1) is 26.8. The fourth-order valence-electron chi connectivity index (χ4n) is 3.02. The van der Waals surface area contributed by atoms with Crippen LogP contribution in [0.5, 0.6) is 5.75 Å². The molecule has 0 saturated heterocycles. The van der Waals surface area contributed by atoms with Crippen LogP contribution in [0, 0.1) is 0 Å². The Morgan fingerprint density at radius 3 is 2.25 bits per heavy atom. The van der Waals surface area contributed by atoms with E-state index in [0.717, 1.165) is 12.8 Å². The lowest BCUT2D eigenvalue weighted by Gasteiger charge is -2.14. The number of anilines is 1. The van der Waals surface area contributed by atoms with Crippen molar-refractivity contribution in [3.8, 4) is 5.75 Å². The van der Waals surface area contributed by atoms with E-state index in [9.17, 15) is 14.4 Å². The number of hydrogen-bond acceptors (Lipinski definition) is 5. The molecule has 0 atom stereocenters. The summed E-state index contributed by atoms with van der Waals surface area (Å²) < 4.78 is 6.42. The molecule has 0 aliphatic carbocycles. The zero-order valence-corrected chi connectivity index (χ0v) is 21.9. The summed E-state index contributed by atoms with van der Waals surface area (Å²) in [6.07, 6.45) is 1.83. The average Bonchev–Trinajstić information content (AvgIpc) is 2.89. The van der Waals surface area contributed by atoms with Gasteiger partial charge in [-0.1, -0.05) is 47.5 Å². The standard InChI is InChI=1S/C26H25BrN4O4S/c1-2-3-15-35-22-14-11-19(27)16-21(22)25(34)29-26(36)31-30-24(33)18-9-12-20(13-10-18)28-23(32)17-7-5-4-6-8-17/h4-14,16H,2-3,15H2,1H3,(H,28,32)(H,30,33)(H2,29,31,34,36). The molecule has 186 valence electrons. The van der Waals surface area contributed by atoms with Crippen LogP contribution in [0.1, 0.15) is 50.8 Å². The van der Waals surface area contributed by atoms with Gasteiger partial charge in [0.1, 0.15) is 5.75 Å². The molecular formula is C26H25BrN4O4S. The lowest BCUT2D eigenvalue weighted by molar-refractivity contribution is 0.0933. The Balaban J connectivity index is 1.51. The Labute approximate surface area is 222 Å². The number of thiocarbonyl (C=S) groups is 1. The molecule has 0 spiro atoms. The second kappa shape index (κ2) is 13.4. The average molecular weight is 569 g/mol. The van der Waals surface area contributed by atoms with Crippen molar-refractivity contribution >= 4 is 56.7 Å². The highest BCUT2D eigenvalue weighted by molar-refractivity contribution is 9.10. The minimum atomic E-state index is -0.479. The van der Waals surface area contributed by atoms with Gasteiger partial charge < -0.3 is 10.1 Å². The van der Waals surface area contributed by atoms with Crippen LogP contribution in [0.15, 0.2) is 77.3 Å². The summed E-state index contributed by atoms with van der Waals surface area (Å²) in [6.45, 7) is 2.54. The first-order chi connectivity index (χ1) is 17.4. The van der Waals surface area contributed by atoms with Gasteiger partial charge in [-0.25, -0.2) is 0 Å². The fraction of sp³-hybridized carbons (Fsp3) is 0.154. The predicted octanol–water partition coefficient (Wildman–Crippen LogP) is 4.83. The van der Waals surface area contributed by atoms with Gasteiger partial charge in [0.05, 0.1) is 12.2 Å². The molecule has 0 fully saturated rings. The maximum Gasteiger partial charge on any atom is 0.269 e. The third kappa shape index (κ3) is 7.89. The van der Waals surface area contributed by atoms with Crippen molar-refractivity contribution in [2.75, 3.05) is 11.9 Å². The molecule has 0 heterocycles. The molecule has 0 unspecified atom stereocenters. The maximum atomic E-state index is 12.7. The van der Waals surface area contributed by atoms with E-state index in [1.165, 1.54) is 0 Å². The van der Waals surface area contributed by atoms with Crippen LogP contribution >= 0.6 is 28.1 Å². The topological polar surface area (TPSA) is 109 Å². The summed E-state index contributed by atoms with van der Waals surface area (Å²) >= 11 is 8.49. The molecular weight excluding hydrogens is 544 g/mol. The third-order valence-corrected chi connectivity index (χ3v) is 5.60. The Morgan fingerprint density at radius 2 is 1.56 bits per heavy atom. The van der Waals surface area contributed by atoms with Crippen molar-refractivity contribution in [2.45, 2.75) is 19.8 Å². The lowest BCUT2D eigenvalue weighted by atomic mass is 10.1. The zero-order valence-electron chi connectivity index (χ0n) is 19.5. The molecule has 4 N–H and O–H groups in total. The number of rotatable bonds is 8. The number of benzene rings is 3.